The fraction of sp³-hybridized carbons (Fsp3) is 0.364. The summed E-state index contributed by atoms with van der Waals surface area (Å²) in [5.41, 5.74) is 0.316. The molecule has 0 bridgehead atoms. The maximum atomic E-state index is 13.5. The quantitative estimate of drug-likeness (QED) is 0.816. The molecule has 0 aliphatic carbocycles. The summed E-state index contributed by atoms with van der Waals surface area (Å²) in [7, 11) is 0. The van der Waals surface area contributed by atoms with Crippen molar-refractivity contribution in [2.24, 2.45) is 0 Å². The van der Waals surface area contributed by atoms with Gasteiger partial charge in [-0.3, -0.25) is 0 Å². The lowest BCUT2D eigenvalue weighted by Gasteiger charge is -2.34. The molecule has 4 nitrogen and oxygen atoms in total. The summed E-state index contributed by atoms with van der Waals surface area (Å²) in [6.07, 6.45) is -0.968. The molecule has 6 heteroatoms. The lowest BCUT2D eigenvalue weighted by Crippen LogP contribution is -2.48. The number of amides is 1. The van der Waals surface area contributed by atoms with Gasteiger partial charge in [0.15, 0.2) is 0 Å². The van der Waals surface area contributed by atoms with Crippen LogP contribution >= 0.6 is 0 Å². The highest BCUT2D eigenvalue weighted by atomic mass is 19.1. The summed E-state index contributed by atoms with van der Waals surface area (Å²) in [4.78, 5) is 13.7. The van der Waals surface area contributed by atoms with Crippen molar-refractivity contribution in [1.82, 2.24) is 4.90 Å². The molecule has 0 radical (unpaired) electrons. The summed E-state index contributed by atoms with van der Waals surface area (Å²) >= 11 is 0. The zero-order chi connectivity index (χ0) is 12.4. The van der Waals surface area contributed by atoms with Gasteiger partial charge in [0.05, 0.1) is 5.69 Å². The van der Waals surface area contributed by atoms with Gasteiger partial charge >= 0.3 is 6.09 Å². The van der Waals surface area contributed by atoms with Crippen molar-refractivity contribution in [1.29, 1.82) is 0 Å². The van der Waals surface area contributed by atoms with E-state index in [0.29, 0.717) is 31.9 Å². The monoisotopic (exact) mass is 242 g/mol. The molecule has 1 heterocycles. The summed E-state index contributed by atoms with van der Waals surface area (Å²) in [5, 5.41) is 8.77. The minimum atomic E-state index is -0.968. The SMILES string of the molecule is O=C(O)N1CCN(c2ccc(F)cc2F)CC1. The van der Waals surface area contributed by atoms with Crippen LogP contribution in [0.1, 0.15) is 0 Å². The zero-order valence-electron chi connectivity index (χ0n) is 9.07. The third kappa shape index (κ3) is 2.46. The van der Waals surface area contributed by atoms with Crippen molar-refractivity contribution >= 4 is 11.8 Å². The standard InChI is InChI=1S/C11H12F2N2O2/c12-8-1-2-10(9(13)7-8)14-3-5-15(6-4-14)11(16)17/h1-2,7H,3-6H2,(H,16,17). The van der Waals surface area contributed by atoms with E-state index >= 15 is 0 Å². The number of halogens is 2. The molecule has 1 aliphatic rings. The molecule has 17 heavy (non-hydrogen) atoms. The Hall–Kier alpha value is -1.85. The van der Waals surface area contributed by atoms with Crippen LogP contribution in [0.3, 0.4) is 0 Å². The molecule has 92 valence electrons. The highest BCUT2D eigenvalue weighted by Gasteiger charge is 2.22. The summed E-state index contributed by atoms with van der Waals surface area (Å²) in [6.45, 7) is 1.47. The van der Waals surface area contributed by atoms with E-state index in [1.165, 1.54) is 17.0 Å². The molecule has 1 aromatic rings. The molecule has 0 spiro atoms. The first-order chi connectivity index (χ1) is 8.08. The van der Waals surface area contributed by atoms with Crippen molar-refractivity contribution in [3.8, 4) is 0 Å². The van der Waals surface area contributed by atoms with Crippen LogP contribution in [-0.2, 0) is 0 Å². The number of piperazine rings is 1. The minimum absolute atomic E-state index is 0.316. The summed E-state index contributed by atoms with van der Waals surface area (Å²) in [5.74, 6) is -1.23. The van der Waals surface area contributed by atoms with Crippen molar-refractivity contribution < 1.29 is 18.7 Å². The maximum Gasteiger partial charge on any atom is 0.407 e. The van der Waals surface area contributed by atoms with Gasteiger partial charge in [-0.1, -0.05) is 0 Å². The Labute approximate surface area is 97.1 Å². The second kappa shape index (κ2) is 4.57. The minimum Gasteiger partial charge on any atom is -0.465 e. The van der Waals surface area contributed by atoms with Crippen LogP contribution in [0.5, 0.6) is 0 Å². The molecule has 1 N–H and O–H groups in total. The van der Waals surface area contributed by atoms with Gasteiger partial charge in [-0.2, -0.15) is 0 Å². The Balaban J connectivity index is 2.08. The van der Waals surface area contributed by atoms with Gasteiger partial charge in [0.25, 0.3) is 0 Å². The molecule has 0 aromatic heterocycles. The highest BCUT2D eigenvalue weighted by Crippen LogP contribution is 2.21. The molecule has 1 aromatic carbocycles. The molecule has 1 aliphatic heterocycles. The predicted octanol–water partition coefficient (Wildman–Crippen LogP) is 1.76. The van der Waals surface area contributed by atoms with E-state index in [2.05, 4.69) is 0 Å². The first-order valence-corrected chi connectivity index (χ1v) is 5.26. The van der Waals surface area contributed by atoms with Crippen molar-refractivity contribution in [2.45, 2.75) is 0 Å². The second-order valence-corrected chi connectivity index (χ2v) is 3.85. The van der Waals surface area contributed by atoms with Crippen LogP contribution < -0.4 is 4.90 Å². The molecule has 2 rings (SSSR count). The number of benzene rings is 1. The lowest BCUT2D eigenvalue weighted by atomic mass is 10.2. The van der Waals surface area contributed by atoms with E-state index < -0.39 is 17.7 Å². The lowest BCUT2D eigenvalue weighted by molar-refractivity contribution is 0.142. The fourth-order valence-corrected chi connectivity index (χ4v) is 1.88. The van der Waals surface area contributed by atoms with Gasteiger partial charge in [0, 0.05) is 32.2 Å². The number of rotatable bonds is 1. The van der Waals surface area contributed by atoms with E-state index in [4.69, 9.17) is 5.11 Å². The largest absolute Gasteiger partial charge is 0.465 e. The van der Waals surface area contributed by atoms with Gasteiger partial charge in [-0.25, -0.2) is 13.6 Å². The average Bonchev–Trinajstić information content (AvgIpc) is 2.29. The number of hydrogen-bond donors (Lipinski definition) is 1. The number of carbonyl (C=O) groups is 1. The molecule has 0 saturated carbocycles. The van der Waals surface area contributed by atoms with Crippen LogP contribution in [0, 0.1) is 11.6 Å². The van der Waals surface area contributed by atoms with Gasteiger partial charge in [-0.15, -0.1) is 0 Å². The van der Waals surface area contributed by atoms with Crippen molar-refractivity contribution in [3.63, 3.8) is 0 Å². The van der Waals surface area contributed by atoms with E-state index in [0.717, 1.165) is 6.07 Å². The number of nitrogens with zero attached hydrogens (tertiary/aromatic N) is 2. The fourth-order valence-electron chi connectivity index (χ4n) is 1.88. The van der Waals surface area contributed by atoms with E-state index in [-0.39, 0.29) is 0 Å². The molecular formula is C11H12F2N2O2. The van der Waals surface area contributed by atoms with Crippen molar-refractivity contribution in [2.75, 3.05) is 31.1 Å². The van der Waals surface area contributed by atoms with E-state index in [1.807, 2.05) is 0 Å². The molecule has 1 fully saturated rings. The van der Waals surface area contributed by atoms with Crippen molar-refractivity contribution in [3.05, 3.63) is 29.8 Å². The van der Waals surface area contributed by atoms with Gasteiger partial charge in [0.1, 0.15) is 11.6 Å². The molecule has 0 atom stereocenters. The third-order valence-electron chi connectivity index (χ3n) is 2.80. The third-order valence-corrected chi connectivity index (χ3v) is 2.80. The van der Waals surface area contributed by atoms with E-state index in [1.54, 1.807) is 4.90 Å². The zero-order valence-corrected chi connectivity index (χ0v) is 9.07. The van der Waals surface area contributed by atoms with Crippen LogP contribution in [0.25, 0.3) is 0 Å². The van der Waals surface area contributed by atoms with Crippen LogP contribution in [0.15, 0.2) is 18.2 Å². The smallest absolute Gasteiger partial charge is 0.407 e. The molecule has 1 amide bonds. The summed E-state index contributed by atoms with van der Waals surface area (Å²) in [6, 6.07) is 3.40. The number of carboxylic acid groups (broad SMARTS) is 1. The number of hydrogen-bond acceptors (Lipinski definition) is 2. The van der Waals surface area contributed by atoms with Gasteiger partial charge < -0.3 is 14.9 Å². The van der Waals surface area contributed by atoms with E-state index in [9.17, 15) is 13.6 Å². The second-order valence-electron chi connectivity index (χ2n) is 3.85. The maximum absolute atomic E-state index is 13.5. The Morgan fingerprint density at radius 1 is 1.18 bits per heavy atom. The first kappa shape index (κ1) is 11.6. The molecule has 0 unspecified atom stereocenters. The number of anilines is 1. The van der Waals surface area contributed by atoms with Crippen LogP contribution in [-0.4, -0.2) is 42.3 Å². The van der Waals surface area contributed by atoms with Gasteiger partial charge in [-0.05, 0) is 12.1 Å². The predicted molar refractivity (Wildman–Crippen MR) is 58.2 cm³/mol. The molecular weight excluding hydrogens is 230 g/mol. The Morgan fingerprint density at radius 2 is 1.82 bits per heavy atom. The molecule has 1 saturated heterocycles. The Kier molecular flexibility index (Phi) is 3.12. The Morgan fingerprint density at radius 3 is 2.35 bits per heavy atom. The van der Waals surface area contributed by atoms with Crippen LogP contribution in [0.4, 0.5) is 19.3 Å². The topological polar surface area (TPSA) is 43.8 Å². The highest BCUT2D eigenvalue weighted by molar-refractivity contribution is 5.65. The first-order valence-electron chi connectivity index (χ1n) is 5.26. The van der Waals surface area contributed by atoms with Gasteiger partial charge in [0.2, 0.25) is 0 Å². The van der Waals surface area contributed by atoms with Crippen LogP contribution in [0.2, 0.25) is 0 Å². The Bertz CT molecular complexity index is 431. The summed E-state index contributed by atoms with van der Waals surface area (Å²) < 4.78 is 26.2. The normalized spacial score (nSPS) is 16.1. The average molecular weight is 242 g/mol.